The molecule has 0 atom stereocenters. The number of carbonyl (C=O) groups is 1. The van der Waals surface area contributed by atoms with E-state index in [-0.39, 0.29) is 5.78 Å². The highest BCUT2D eigenvalue weighted by Crippen LogP contribution is 2.38. The summed E-state index contributed by atoms with van der Waals surface area (Å²) in [5.41, 5.74) is 4.37. The van der Waals surface area contributed by atoms with Gasteiger partial charge in [-0.15, -0.1) is 10.2 Å². The summed E-state index contributed by atoms with van der Waals surface area (Å²) in [7, 11) is 0. The van der Waals surface area contributed by atoms with E-state index in [1.165, 1.54) is 48.7 Å². The predicted octanol–water partition coefficient (Wildman–Crippen LogP) is 4.65. The molecule has 6 nitrogen and oxygen atoms in total. The van der Waals surface area contributed by atoms with Gasteiger partial charge in [0.2, 0.25) is 0 Å². The Labute approximate surface area is 194 Å². The number of aryl methyl sites for hydroxylation is 1. The van der Waals surface area contributed by atoms with E-state index in [0.717, 1.165) is 48.4 Å². The molecule has 1 aliphatic carbocycles. The number of hydrogen-bond acceptors (Lipinski definition) is 5. The van der Waals surface area contributed by atoms with Gasteiger partial charge in [-0.1, -0.05) is 42.1 Å². The molecule has 0 amide bonds. The molecule has 0 radical (unpaired) electrons. The summed E-state index contributed by atoms with van der Waals surface area (Å²) < 4.78 is 4.53. The minimum atomic E-state index is 0.172. The van der Waals surface area contributed by atoms with E-state index < -0.39 is 0 Å². The lowest BCUT2D eigenvalue weighted by Crippen LogP contribution is -2.21. The molecule has 3 heterocycles. The molecule has 0 spiro atoms. The maximum absolute atomic E-state index is 13.1. The summed E-state index contributed by atoms with van der Waals surface area (Å²) >= 11 is 1.51. The fraction of sp³-hybridized carbons (Fsp3) is 0.480. The van der Waals surface area contributed by atoms with Crippen molar-refractivity contribution in [2.75, 3.05) is 18.8 Å². The van der Waals surface area contributed by atoms with Gasteiger partial charge >= 0.3 is 0 Å². The molecular weight excluding hydrogens is 418 g/mol. The lowest BCUT2D eigenvalue weighted by molar-refractivity contribution is 0.102. The van der Waals surface area contributed by atoms with Crippen LogP contribution in [0.3, 0.4) is 0 Å². The van der Waals surface area contributed by atoms with Crippen LogP contribution >= 0.6 is 11.8 Å². The first kappa shape index (κ1) is 21.5. The minimum absolute atomic E-state index is 0.172. The number of thioether (sulfide) groups is 1. The van der Waals surface area contributed by atoms with Crippen molar-refractivity contribution in [3.05, 3.63) is 64.7 Å². The third kappa shape index (κ3) is 4.55. The van der Waals surface area contributed by atoms with Gasteiger partial charge in [0.15, 0.2) is 10.9 Å². The average molecular weight is 450 g/mol. The normalized spacial score (nSPS) is 16.7. The van der Waals surface area contributed by atoms with Crippen molar-refractivity contribution in [2.45, 2.75) is 63.8 Å². The number of aromatic nitrogens is 4. The Bertz CT molecular complexity index is 1090. The summed E-state index contributed by atoms with van der Waals surface area (Å²) in [6.45, 7) is 7.97. The minimum Gasteiger partial charge on any atom is -0.345 e. The molecule has 7 heteroatoms. The SMILES string of the molecule is Cc1cc(C(=O)CSc2nnc(CN3CCCC3)n2Cc2ccccc2)c(C)n1C1CC1. The van der Waals surface area contributed by atoms with Gasteiger partial charge in [-0.25, -0.2) is 0 Å². The number of likely N-dealkylation sites (tertiary alicyclic amines) is 1. The molecule has 1 aromatic carbocycles. The Balaban J connectivity index is 1.34. The zero-order valence-electron chi connectivity index (χ0n) is 19.0. The molecule has 3 aromatic rings. The highest BCUT2D eigenvalue weighted by atomic mass is 32.2. The highest BCUT2D eigenvalue weighted by molar-refractivity contribution is 7.99. The maximum atomic E-state index is 13.1. The van der Waals surface area contributed by atoms with Crippen LogP contribution in [0.25, 0.3) is 0 Å². The van der Waals surface area contributed by atoms with E-state index in [1.54, 1.807) is 0 Å². The molecule has 1 saturated carbocycles. The van der Waals surface area contributed by atoms with Crippen molar-refractivity contribution in [2.24, 2.45) is 0 Å². The summed E-state index contributed by atoms with van der Waals surface area (Å²) in [4.78, 5) is 15.5. The lowest BCUT2D eigenvalue weighted by Gasteiger charge is -2.16. The second kappa shape index (κ2) is 9.24. The van der Waals surface area contributed by atoms with Gasteiger partial charge in [-0.2, -0.15) is 0 Å². The van der Waals surface area contributed by atoms with Crippen molar-refractivity contribution in [3.8, 4) is 0 Å². The number of benzene rings is 1. The third-order valence-electron chi connectivity index (χ3n) is 6.57. The zero-order chi connectivity index (χ0) is 22.1. The topological polar surface area (TPSA) is 56.0 Å². The Morgan fingerprint density at radius 3 is 2.53 bits per heavy atom. The second-order valence-corrected chi connectivity index (χ2v) is 9.99. The van der Waals surface area contributed by atoms with E-state index in [4.69, 9.17) is 0 Å². The van der Waals surface area contributed by atoms with Crippen LogP contribution in [0.1, 0.15) is 64.9 Å². The first-order valence-corrected chi connectivity index (χ1v) is 12.6. The Morgan fingerprint density at radius 2 is 1.81 bits per heavy atom. The van der Waals surface area contributed by atoms with E-state index in [1.807, 2.05) is 6.07 Å². The van der Waals surface area contributed by atoms with Gasteiger partial charge in [0.1, 0.15) is 5.82 Å². The Hall–Kier alpha value is -2.38. The summed E-state index contributed by atoms with van der Waals surface area (Å²) in [6, 6.07) is 13.1. The maximum Gasteiger partial charge on any atom is 0.192 e. The second-order valence-electron chi connectivity index (χ2n) is 9.05. The Kier molecular flexibility index (Phi) is 6.20. The third-order valence-corrected chi connectivity index (χ3v) is 7.54. The molecule has 5 rings (SSSR count). The zero-order valence-corrected chi connectivity index (χ0v) is 19.8. The van der Waals surface area contributed by atoms with Crippen molar-refractivity contribution >= 4 is 17.5 Å². The number of carbonyl (C=O) groups excluding carboxylic acids is 1. The molecule has 1 aliphatic heterocycles. The number of rotatable bonds is 9. The van der Waals surface area contributed by atoms with Crippen molar-refractivity contribution in [1.82, 2.24) is 24.2 Å². The summed E-state index contributed by atoms with van der Waals surface area (Å²) in [5.74, 6) is 1.54. The van der Waals surface area contributed by atoms with Crippen LogP contribution in [0.2, 0.25) is 0 Å². The summed E-state index contributed by atoms with van der Waals surface area (Å²) in [6.07, 6.45) is 4.95. The number of ketones is 1. The fourth-order valence-corrected chi connectivity index (χ4v) is 5.61. The molecule has 2 aliphatic rings. The molecule has 0 bridgehead atoms. The van der Waals surface area contributed by atoms with Gasteiger partial charge in [0.05, 0.1) is 18.8 Å². The van der Waals surface area contributed by atoms with Crippen molar-refractivity contribution in [1.29, 1.82) is 0 Å². The lowest BCUT2D eigenvalue weighted by atomic mass is 10.2. The quantitative estimate of drug-likeness (QED) is 0.352. The van der Waals surface area contributed by atoms with Crippen LogP contribution in [0.4, 0.5) is 0 Å². The monoisotopic (exact) mass is 449 g/mol. The van der Waals surface area contributed by atoms with Crippen LogP contribution in [-0.2, 0) is 13.1 Å². The fourth-order valence-electron chi connectivity index (χ4n) is 4.77. The van der Waals surface area contributed by atoms with Crippen LogP contribution in [-0.4, -0.2) is 48.9 Å². The van der Waals surface area contributed by atoms with E-state index in [9.17, 15) is 4.79 Å². The van der Waals surface area contributed by atoms with Gasteiger partial charge in [-0.3, -0.25) is 9.69 Å². The number of nitrogens with zero attached hydrogens (tertiary/aromatic N) is 5. The average Bonchev–Trinajstić information content (AvgIpc) is 3.22. The van der Waals surface area contributed by atoms with Crippen molar-refractivity contribution < 1.29 is 4.79 Å². The molecule has 0 unspecified atom stereocenters. The molecule has 32 heavy (non-hydrogen) atoms. The van der Waals surface area contributed by atoms with Crippen LogP contribution in [0, 0.1) is 13.8 Å². The molecule has 2 fully saturated rings. The van der Waals surface area contributed by atoms with Crippen LogP contribution in [0.15, 0.2) is 41.6 Å². The van der Waals surface area contributed by atoms with Crippen molar-refractivity contribution in [3.63, 3.8) is 0 Å². The van der Waals surface area contributed by atoms with E-state index >= 15 is 0 Å². The first-order chi connectivity index (χ1) is 15.6. The number of Topliss-reactive ketones (excluding diaryl/α,β-unsaturated/α-hetero) is 1. The van der Waals surface area contributed by atoms with Crippen LogP contribution < -0.4 is 0 Å². The number of hydrogen-bond donors (Lipinski definition) is 0. The largest absolute Gasteiger partial charge is 0.345 e. The standard InChI is InChI=1S/C25H31N5OS/c1-18-14-22(19(2)30(18)21-10-11-21)23(31)17-32-25-27-26-24(16-28-12-6-7-13-28)29(25)15-20-8-4-3-5-9-20/h3-5,8-9,14,21H,6-7,10-13,15-17H2,1-2H3. The highest BCUT2D eigenvalue weighted by Gasteiger charge is 2.28. The van der Waals surface area contributed by atoms with Gasteiger partial charge in [0, 0.05) is 23.0 Å². The molecule has 2 aromatic heterocycles. The molecule has 0 N–H and O–H groups in total. The first-order valence-electron chi connectivity index (χ1n) is 11.6. The Morgan fingerprint density at radius 1 is 1.06 bits per heavy atom. The molecular formula is C25H31N5OS. The van der Waals surface area contributed by atoms with Gasteiger partial charge in [-0.05, 0) is 64.3 Å². The van der Waals surface area contributed by atoms with Gasteiger partial charge < -0.3 is 9.13 Å². The molecule has 168 valence electrons. The summed E-state index contributed by atoms with van der Waals surface area (Å²) in [5, 5.41) is 9.85. The smallest absolute Gasteiger partial charge is 0.192 e. The van der Waals surface area contributed by atoms with E-state index in [2.05, 4.69) is 68.4 Å². The molecule has 1 saturated heterocycles. The van der Waals surface area contributed by atoms with Crippen LogP contribution in [0.5, 0.6) is 0 Å². The predicted molar refractivity (Wildman–Crippen MR) is 127 cm³/mol. The van der Waals surface area contributed by atoms with Gasteiger partial charge in [0.25, 0.3) is 0 Å². The van der Waals surface area contributed by atoms with E-state index in [0.29, 0.717) is 11.8 Å².